The standard InChI is InChI=1S/C22H30N2O3/c1-13-14(2)20(25)27-19-16(13)7-8-18-17(19)11-24(12-26-18)15-9-21(3,4)23-22(5,6)10-15/h7-8,15,23H,9-12H2,1-6H3. The lowest BCUT2D eigenvalue weighted by Gasteiger charge is -2.50. The van der Waals surface area contributed by atoms with Crippen LogP contribution in [0.3, 0.4) is 0 Å². The average Bonchev–Trinajstić information content (AvgIpc) is 2.56. The van der Waals surface area contributed by atoms with Crippen molar-refractivity contribution in [2.75, 3.05) is 6.73 Å². The molecule has 27 heavy (non-hydrogen) atoms. The second-order valence-electron chi connectivity index (χ2n) is 9.53. The van der Waals surface area contributed by atoms with Crippen LogP contribution in [0.15, 0.2) is 21.3 Å². The summed E-state index contributed by atoms with van der Waals surface area (Å²) in [5, 5.41) is 4.75. The zero-order chi connectivity index (χ0) is 19.6. The van der Waals surface area contributed by atoms with Crippen LogP contribution in [-0.2, 0) is 6.54 Å². The van der Waals surface area contributed by atoms with E-state index in [1.165, 1.54) is 0 Å². The van der Waals surface area contributed by atoms with Gasteiger partial charge in [-0.25, -0.2) is 4.79 Å². The van der Waals surface area contributed by atoms with Crippen molar-refractivity contribution in [2.45, 2.75) is 78.0 Å². The van der Waals surface area contributed by atoms with Crippen LogP contribution in [0.1, 0.15) is 57.2 Å². The van der Waals surface area contributed by atoms with Gasteiger partial charge >= 0.3 is 5.63 Å². The van der Waals surface area contributed by atoms with Gasteiger partial charge in [-0.3, -0.25) is 4.90 Å². The molecule has 0 saturated carbocycles. The first-order valence-corrected chi connectivity index (χ1v) is 9.78. The Morgan fingerprint density at radius 3 is 2.41 bits per heavy atom. The van der Waals surface area contributed by atoms with Crippen LogP contribution in [0.5, 0.6) is 5.75 Å². The first-order chi connectivity index (χ1) is 12.6. The Bertz CT molecular complexity index is 942. The Kier molecular flexibility index (Phi) is 4.17. The lowest BCUT2D eigenvalue weighted by molar-refractivity contribution is 0.00316. The van der Waals surface area contributed by atoms with Gasteiger partial charge in [0.05, 0.1) is 5.56 Å². The second kappa shape index (κ2) is 6.08. The van der Waals surface area contributed by atoms with Gasteiger partial charge in [-0.2, -0.15) is 0 Å². The number of rotatable bonds is 1. The van der Waals surface area contributed by atoms with Gasteiger partial charge in [0.2, 0.25) is 0 Å². The van der Waals surface area contributed by atoms with Crippen molar-refractivity contribution < 1.29 is 9.15 Å². The number of benzene rings is 1. The lowest BCUT2D eigenvalue weighted by atomic mass is 9.79. The van der Waals surface area contributed by atoms with Gasteiger partial charge < -0.3 is 14.5 Å². The third-order valence-electron chi connectivity index (χ3n) is 6.12. The highest BCUT2D eigenvalue weighted by Gasteiger charge is 2.41. The fourth-order valence-corrected chi connectivity index (χ4v) is 4.99. The molecule has 2 aliphatic rings. The number of piperidine rings is 1. The van der Waals surface area contributed by atoms with E-state index in [4.69, 9.17) is 9.15 Å². The first-order valence-electron chi connectivity index (χ1n) is 9.78. The molecule has 4 rings (SSSR count). The molecule has 0 radical (unpaired) electrons. The van der Waals surface area contributed by atoms with Crippen molar-refractivity contribution in [3.8, 4) is 5.75 Å². The molecule has 1 aromatic heterocycles. The Morgan fingerprint density at radius 1 is 1.07 bits per heavy atom. The maximum atomic E-state index is 12.3. The van der Waals surface area contributed by atoms with Crippen LogP contribution in [-0.4, -0.2) is 28.8 Å². The highest BCUT2D eigenvalue weighted by Crippen LogP contribution is 2.37. The van der Waals surface area contributed by atoms with E-state index in [1.54, 1.807) is 0 Å². The molecule has 3 heterocycles. The summed E-state index contributed by atoms with van der Waals surface area (Å²) in [6, 6.07) is 4.43. The molecule has 0 atom stereocenters. The predicted molar refractivity (Wildman–Crippen MR) is 107 cm³/mol. The molecule has 0 amide bonds. The first kappa shape index (κ1) is 18.5. The molecule has 1 N–H and O–H groups in total. The smallest absolute Gasteiger partial charge is 0.339 e. The lowest BCUT2D eigenvalue weighted by Crippen LogP contribution is -2.62. The zero-order valence-electron chi connectivity index (χ0n) is 17.2. The van der Waals surface area contributed by atoms with Crippen molar-refractivity contribution >= 4 is 11.0 Å². The van der Waals surface area contributed by atoms with Gasteiger partial charge in [-0.15, -0.1) is 0 Å². The van der Waals surface area contributed by atoms with Gasteiger partial charge in [-0.05, 0) is 72.1 Å². The van der Waals surface area contributed by atoms with Crippen molar-refractivity contribution in [3.05, 3.63) is 39.2 Å². The summed E-state index contributed by atoms with van der Waals surface area (Å²) in [6.07, 6.45) is 2.12. The van der Waals surface area contributed by atoms with Gasteiger partial charge in [0.15, 0.2) is 0 Å². The number of ether oxygens (including phenoxy) is 1. The topological polar surface area (TPSA) is 54.7 Å². The molecule has 0 aliphatic carbocycles. The van der Waals surface area contributed by atoms with Gasteiger partial charge in [0.25, 0.3) is 0 Å². The SMILES string of the molecule is Cc1c(C)c2ccc3c(c2oc1=O)CN(C1CC(C)(C)NC(C)(C)C1)CO3. The van der Waals surface area contributed by atoms with E-state index in [0.717, 1.165) is 41.6 Å². The zero-order valence-corrected chi connectivity index (χ0v) is 17.2. The van der Waals surface area contributed by atoms with Gasteiger partial charge in [-0.1, -0.05) is 0 Å². The molecule has 2 aliphatic heterocycles. The second-order valence-corrected chi connectivity index (χ2v) is 9.53. The van der Waals surface area contributed by atoms with Crippen LogP contribution >= 0.6 is 0 Å². The Morgan fingerprint density at radius 2 is 1.74 bits per heavy atom. The minimum atomic E-state index is -0.255. The van der Waals surface area contributed by atoms with E-state index in [-0.39, 0.29) is 16.7 Å². The van der Waals surface area contributed by atoms with E-state index in [0.29, 0.717) is 23.9 Å². The largest absolute Gasteiger partial charge is 0.478 e. The number of hydrogen-bond acceptors (Lipinski definition) is 5. The maximum Gasteiger partial charge on any atom is 0.339 e. The monoisotopic (exact) mass is 370 g/mol. The number of nitrogens with zero attached hydrogens (tertiary/aromatic N) is 1. The van der Waals surface area contributed by atoms with Gasteiger partial charge in [0, 0.05) is 34.6 Å². The molecule has 5 nitrogen and oxygen atoms in total. The molecule has 2 aromatic rings. The van der Waals surface area contributed by atoms with Crippen molar-refractivity contribution in [2.24, 2.45) is 0 Å². The number of fused-ring (bicyclic) bond motifs is 3. The highest BCUT2D eigenvalue weighted by atomic mass is 16.5. The van der Waals surface area contributed by atoms with Crippen LogP contribution in [0.4, 0.5) is 0 Å². The maximum absolute atomic E-state index is 12.3. The summed E-state index contributed by atoms with van der Waals surface area (Å²) in [5.74, 6) is 0.831. The molecule has 1 saturated heterocycles. The molecule has 0 bridgehead atoms. The van der Waals surface area contributed by atoms with Crippen LogP contribution in [0, 0.1) is 13.8 Å². The molecule has 5 heteroatoms. The van der Waals surface area contributed by atoms with E-state index in [1.807, 2.05) is 26.0 Å². The van der Waals surface area contributed by atoms with E-state index in [9.17, 15) is 4.79 Å². The Labute approximate surface area is 160 Å². The summed E-state index contributed by atoms with van der Waals surface area (Å²) >= 11 is 0. The summed E-state index contributed by atoms with van der Waals surface area (Å²) in [4.78, 5) is 14.7. The fraction of sp³-hybridized carbons (Fsp3) is 0.591. The third kappa shape index (κ3) is 3.27. The molecule has 146 valence electrons. The Hall–Kier alpha value is -1.85. The molecular weight excluding hydrogens is 340 g/mol. The number of hydrogen-bond donors (Lipinski definition) is 1. The van der Waals surface area contributed by atoms with Crippen molar-refractivity contribution in [1.29, 1.82) is 0 Å². The summed E-state index contributed by atoms with van der Waals surface area (Å²) < 4.78 is 11.8. The van der Waals surface area contributed by atoms with Crippen LogP contribution < -0.4 is 15.7 Å². The normalized spacial score (nSPS) is 22.4. The third-order valence-corrected chi connectivity index (χ3v) is 6.12. The molecule has 0 unspecified atom stereocenters. The van der Waals surface area contributed by atoms with Crippen molar-refractivity contribution in [3.63, 3.8) is 0 Å². The van der Waals surface area contributed by atoms with Crippen molar-refractivity contribution in [1.82, 2.24) is 10.2 Å². The van der Waals surface area contributed by atoms with E-state index in [2.05, 4.69) is 37.9 Å². The van der Waals surface area contributed by atoms with Crippen LogP contribution in [0.2, 0.25) is 0 Å². The molecule has 1 aromatic carbocycles. The fourth-order valence-electron chi connectivity index (χ4n) is 4.99. The number of nitrogens with one attached hydrogen (secondary N) is 1. The summed E-state index contributed by atoms with van der Waals surface area (Å²) in [6.45, 7) is 14.2. The van der Waals surface area contributed by atoms with E-state index >= 15 is 0 Å². The minimum Gasteiger partial charge on any atom is -0.478 e. The molecular formula is C22H30N2O3. The molecule has 1 fully saturated rings. The predicted octanol–water partition coefficient (Wildman–Crippen LogP) is 3.87. The minimum absolute atomic E-state index is 0.0751. The number of aryl methyl sites for hydroxylation is 1. The Balaban J connectivity index is 1.73. The summed E-state index contributed by atoms with van der Waals surface area (Å²) in [5.41, 5.74) is 3.24. The quantitative estimate of drug-likeness (QED) is 0.772. The molecule has 0 spiro atoms. The highest BCUT2D eigenvalue weighted by molar-refractivity contribution is 5.85. The average molecular weight is 370 g/mol. The van der Waals surface area contributed by atoms with Gasteiger partial charge in [0.1, 0.15) is 18.1 Å². The summed E-state index contributed by atoms with van der Waals surface area (Å²) in [7, 11) is 0. The van der Waals surface area contributed by atoms with Crippen LogP contribution in [0.25, 0.3) is 11.0 Å². The van der Waals surface area contributed by atoms with E-state index < -0.39 is 0 Å².